The van der Waals surface area contributed by atoms with Crippen LogP contribution in [-0.4, -0.2) is 60.4 Å². The number of hydrogen-bond donors (Lipinski definition) is 1. The normalized spacial score (nSPS) is 15.3. The van der Waals surface area contributed by atoms with Gasteiger partial charge in [-0.05, 0) is 30.9 Å². The second kappa shape index (κ2) is 8.47. The summed E-state index contributed by atoms with van der Waals surface area (Å²) in [5, 5.41) is 4.89. The molecule has 2 aromatic rings. The van der Waals surface area contributed by atoms with Crippen LogP contribution in [0.5, 0.6) is 0 Å². The highest BCUT2D eigenvalue weighted by atomic mass is 32.1. The fourth-order valence-corrected chi connectivity index (χ4v) is 4.03. The number of piperazine rings is 1. The molecule has 5 nitrogen and oxygen atoms in total. The van der Waals surface area contributed by atoms with E-state index >= 15 is 0 Å². The molecule has 1 N–H and O–H groups in total. The van der Waals surface area contributed by atoms with Crippen LogP contribution in [0.25, 0.3) is 11.1 Å². The van der Waals surface area contributed by atoms with Gasteiger partial charge in [-0.15, -0.1) is 11.3 Å². The maximum Gasteiger partial charge on any atom is 0.264 e. The summed E-state index contributed by atoms with van der Waals surface area (Å²) in [6, 6.07) is 12.2. The van der Waals surface area contributed by atoms with Gasteiger partial charge in [-0.3, -0.25) is 14.5 Å². The van der Waals surface area contributed by atoms with Crippen molar-refractivity contribution in [1.82, 2.24) is 15.1 Å². The first-order valence-corrected chi connectivity index (χ1v) is 9.86. The van der Waals surface area contributed by atoms with E-state index in [1.54, 1.807) is 0 Å². The predicted octanol–water partition coefficient (Wildman–Crippen LogP) is 2.70. The van der Waals surface area contributed by atoms with Crippen molar-refractivity contribution in [1.29, 1.82) is 0 Å². The number of nitrogens with one attached hydrogen (secondary N) is 1. The van der Waals surface area contributed by atoms with Crippen LogP contribution in [0.2, 0.25) is 0 Å². The Bertz CT molecular complexity index is 749. The van der Waals surface area contributed by atoms with E-state index in [1.807, 2.05) is 60.5 Å². The summed E-state index contributed by atoms with van der Waals surface area (Å²) in [7, 11) is 0. The molecule has 3 rings (SSSR count). The summed E-state index contributed by atoms with van der Waals surface area (Å²) in [5.74, 6) is 0.134. The van der Waals surface area contributed by atoms with Crippen LogP contribution >= 0.6 is 11.3 Å². The Balaban J connectivity index is 1.60. The molecular formula is C20H25N3O2S. The summed E-state index contributed by atoms with van der Waals surface area (Å²) in [4.78, 5) is 29.7. The van der Waals surface area contributed by atoms with Crippen LogP contribution in [-0.2, 0) is 4.79 Å². The summed E-state index contributed by atoms with van der Waals surface area (Å²) in [6.45, 7) is 7.07. The fraction of sp³-hybridized carbons (Fsp3) is 0.400. The largest absolute Gasteiger partial charge is 0.353 e. The van der Waals surface area contributed by atoms with Crippen molar-refractivity contribution in [2.75, 3.05) is 32.7 Å². The molecule has 1 aromatic carbocycles. The smallest absolute Gasteiger partial charge is 0.264 e. The molecule has 0 aliphatic carbocycles. The number of carbonyl (C=O) groups excluding carboxylic acids is 2. The van der Waals surface area contributed by atoms with E-state index in [0.29, 0.717) is 19.6 Å². The lowest BCUT2D eigenvalue weighted by atomic mass is 10.1. The van der Waals surface area contributed by atoms with Gasteiger partial charge in [0.15, 0.2) is 0 Å². The first-order valence-electron chi connectivity index (χ1n) is 8.98. The van der Waals surface area contributed by atoms with E-state index in [2.05, 4.69) is 10.2 Å². The van der Waals surface area contributed by atoms with Gasteiger partial charge < -0.3 is 10.2 Å². The minimum absolute atomic E-state index is 0.0457. The van der Waals surface area contributed by atoms with Crippen LogP contribution in [0, 0.1) is 0 Å². The molecule has 2 amide bonds. The van der Waals surface area contributed by atoms with Crippen molar-refractivity contribution in [2.45, 2.75) is 19.9 Å². The van der Waals surface area contributed by atoms with Crippen LogP contribution in [0.4, 0.5) is 0 Å². The minimum atomic E-state index is 0.0457. The van der Waals surface area contributed by atoms with E-state index in [9.17, 15) is 9.59 Å². The third-order valence-corrected chi connectivity index (χ3v) is 5.32. The van der Waals surface area contributed by atoms with Crippen LogP contribution < -0.4 is 5.32 Å². The second-order valence-corrected chi connectivity index (χ2v) is 7.74. The molecule has 2 heterocycles. The van der Waals surface area contributed by atoms with E-state index in [1.165, 1.54) is 11.3 Å². The molecule has 138 valence electrons. The van der Waals surface area contributed by atoms with Crippen molar-refractivity contribution >= 4 is 23.2 Å². The van der Waals surface area contributed by atoms with Gasteiger partial charge in [0.1, 0.15) is 0 Å². The van der Waals surface area contributed by atoms with Gasteiger partial charge in [0.25, 0.3) is 5.91 Å². The van der Waals surface area contributed by atoms with Gasteiger partial charge in [0, 0.05) is 37.8 Å². The van der Waals surface area contributed by atoms with Crippen LogP contribution in [0.3, 0.4) is 0 Å². The number of rotatable bonds is 5. The number of nitrogens with zero attached hydrogens (tertiary/aromatic N) is 2. The molecule has 1 aliphatic rings. The zero-order chi connectivity index (χ0) is 18.5. The highest BCUT2D eigenvalue weighted by Gasteiger charge is 2.25. The SMILES string of the molecule is CC(C)NC(=O)CN1CCN(C(=O)c2sccc2-c2ccccc2)CC1. The minimum Gasteiger partial charge on any atom is -0.353 e. The maximum absolute atomic E-state index is 13.0. The molecule has 0 saturated carbocycles. The molecule has 1 saturated heterocycles. The number of amides is 2. The molecule has 0 atom stereocenters. The summed E-state index contributed by atoms with van der Waals surface area (Å²) in [5.41, 5.74) is 2.07. The van der Waals surface area contributed by atoms with Gasteiger partial charge >= 0.3 is 0 Å². The van der Waals surface area contributed by atoms with Gasteiger partial charge in [0.05, 0.1) is 11.4 Å². The Morgan fingerprint density at radius 3 is 2.42 bits per heavy atom. The third-order valence-electron chi connectivity index (χ3n) is 4.42. The lowest BCUT2D eigenvalue weighted by molar-refractivity contribution is -0.123. The molecular weight excluding hydrogens is 346 g/mol. The van der Waals surface area contributed by atoms with Gasteiger partial charge in [-0.2, -0.15) is 0 Å². The standard InChI is InChI=1S/C20H25N3O2S/c1-15(2)21-18(24)14-22-9-11-23(12-10-22)20(25)19-17(8-13-26-19)16-6-4-3-5-7-16/h3-8,13,15H,9-12,14H2,1-2H3,(H,21,24). The van der Waals surface area contributed by atoms with Crippen molar-refractivity contribution in [3.63, 3.8) is 0 Å². The Hall–Kier alpha value is -2.18. The molecule has 0 radical (unpaired) electrons. The first-order chi connectivity index (χ1) is 12.5. The van der Waals surface area contributed by atoms with Gasteiger partial charge in [-0.25, -0.2) is 0 Å². The monoisotopic (exact) mass is 371 g/mol. The predicted molar refractivity (Wildman–Crippen MR) is 105 cm³/mol. The van der Waals surface area contributed by atoms with Crippen LogP contribution in [0.1, 0.15) is 23.5 Å². The highest BCUT2D eigenvalue weighted by Crippen LogP contribution is 2.29. The number of carbonyl (C=O) groups is 2. The summed E-state index contributed by atoms with van der Waals surface area (Å²) in [6.07, 6.45) is 0. The Morgan fingerprint density at radius 2 is 1.77 bits per heavy atom. The molecule has 0 spiro atoms. The molecule has 1 fully saturated rings. The first kappa shape index (κ1) is 18.6. The number of benzene rings is 1. The van der Waals surface area contributed by atoms with Gasteiger partial charge in [0.2, 0.25) is 5.91 Å². The number of thiophene rings is 1. The van der Waals surface area contributed by atoms with E-state index in [4.69, 9.17) is 0 Å². The molecule has 1 aliphatic heterocycles. The van der Waals surface area contributed by atoms with Crippen molar-refractivity contribution in [2.24, 2.45) is 0 Å². The quantitative estimate of drug-likeness (QED) is 0.879. The number of hydrogen-bond acceptors (Lipinski definition) is 4. The van der Waals surface area contributed by atoms with E-state index in [-0.39, 0.29) is 17.9 Å². The molecule has 0 unspecified atom stereocenters. The Labute approximate surface area is 158 Å². The third kappa shape index (κ3) is 4.51. The Morgan fingerprint density at radius 1 is 1.08 bits per heavy atom. The summed E-state index contributed by atoms with van der Waals surface area (Å²) < 4.78 is 0. The lowest BCUT2D eigenvalue weighted by Crippen LogP contribution is -2.51. The lowest BCUT2D eigenvalue weighted by Gasteiger charge is -2.34. The van der Waals surface area contributed by atoms with Crippen molar-refractivity contribution in [3.8, 4) is 11.1 Å². The van der Waals surface area contributed by atoms with E-state index in [0.717, 1.165) is 29.1 Å². The van der Waals surface area contributed by atoms with E-state index < -0.39 is 0 Å². The molecule has 26 heavy (non-hydrogen) atoms. The molecule has 1 aromatic heterocycles. The average molecular weight is 372 g/mol. The topological polar surface area (TPSA) is 52.7 Å². The Kier molecular flexibility index (Phi) is 6.06. The summed E-state index contributed by atoms with van der Waals surface area (Å²) >= 11 is 1.50. The zero-order valence-electron chi connectivity index (χ0n) is 15.3. The fourth-order valence-electron chi connectivity index (χ4n) is 3.14. The van der Waals surface area contributed by atoms with Crippen molar-refractivity contribution in [3.05, 3.63) is 46.7 Å². The van der Waals surface area contributed by atoms with Gasteiger partial charge in [-0.1, -0.05) is 30.3 Å². The maximum atomic E-state index is 13.0. The highest BCUT2D eigenvalue weighted by molar-refractivity contribution is 7.12. The molecule has 0 bridgehead atoms. The molecule has 6 heteroatoms. The van der Waals surface area contributed by atoms with Crippen LogP contribution in [0.15, 0.2) is 41.8 Å². The average Bonchev–Trinajstić information content (AvgIpc) is 3.11. The van der Waals surface area contributed by atoms with Crippen molar-refractivity contribution < 1.29 is 9.59 Å². The zero-order valence-corrected chi connectivity index (χ0v) is 16.1. The second-order valence-electron chi connectivity index (χ2n) is 6.82.